The summed E-state index contributed by atoms with van der Waals surface area (Å²) in [5.41, 5.74) is 0.974. The highest BCUT2D eigenvalue weighted by Crippen LogP contribution is 2.30. The second-order valence-corrected chi connectivity index (χ2v) is 6.28. The van der Waals surface area contributed by atoms with E-state index in [1.54, 1.807) is 0 Å². The second-order valence-electron chi connectivity index (χ2n) is 4.72. The summed E-state index contributed by atoms with van der Waals surface area (Å²) in [6.07, 6.45) is 4.38. The fourth-order valence-corrected chi connectivity index (χ4v) is 3.86. The summed E-state index contributed by atoms with van der Waals surface area (Å²) >= 11 is 13.6. The lowest BCUT2D eigenvalue weighted by molar-refractivity contribution is 0.0705. The van der Waals surface area contributed by atoms with Gasteiger partial charge in [0.1, 0.15) is 4.88 Å². The van der Waals surface area contributed by atoms with Crippen LogP contribution in [0.15, 0.2) is 5.38 Å². The third kappa shape index (κ3) is 2.84. The molecule has 1 amide bonds. The largest absolute Gasteiger partial charge is 0.334 e. The Labute approximate surface area is 122 Å². The topological polar surface area (TPSA) is 20.3 Å². The predicted octanol–water partition coefficient (Wildman–Crippen LogP) is 4.33. The van der Waals surface area contributed by atoms with Crippen LogP contribution in [0.4, 0.5) is 0 Å². The predicted molar refractivity (Wildman–Crippen MR) is 78.1 cm³/mol. The van der Waals surface area contributed by atoms with E-state index in [9.17, 15) is 4.79 Å². The fourth-order valence-electron chi connectivity index (χ4n) is 2.31. The number of carbonyl (C=O) groups is 1. The van der Waals surface area contributed by atoms with Crippen molar-refractivity contribution in [1.82, 2.24) is 4.90 Å². The van der Waals surface area contributed by atoms with Gasteiger partial charge in [0.25, 0.3) is 5.91 Å². The number of amides is 1. The maximum Gasteiger partial charge on any atom is 0.265 e. The molecule has 0 N–H and O–H groups in total. The van der Waals surface area contributed by atoms with Gasteiger partial charge >= 0.3 is 0 Å². The van der Waals surface area contributed by atoms with Crippen molar-refractivity contribution in [2.75, 3.05) is 12.4 Å². The van der Waals surface area contributed by atoms with Crippen LogP contribution in [-0.4, -0.2) is 29.3 Å². The van der Waals surface area contributed by atoms with Gasteiger partial charge in [-0.05, 0) is 30.7 Å². The van der Waals surface area contributed by atoms with Crippen LogP contribution in [0.25, 0.3) is 0 Å². The number of likely N-dealkylation sites (tertiary alicyclic amines) is 1. The van der Waals surface area contributed by atoms with Crippen LogP contribution in [0.1, 0.15) is 40.9 Å². The molecule has 2 rings (SSSR count). The standard InChI is InChI=1S/C13H17Cl2NOS/c1-9-8-18-12(11(9)15)13(17)16-6-4-2-3-5-10(16)7-14/h8,10H,2-7H2,1H3. The molecule has 1 aromatic rings. The molecular formula is C13H17Cl2NOS. The minimum Gasteiger partial charge on any atom is -0.334 e. The molecule has 1 fully saturated rings. The molecule has 1 aromatic heterocycles. The Balaban J connectivity index is 2.22. The van der Waals surface area contributed by atoms with Crippen molar-refractivity contribution < 1.29 is 4.79 Å². The van der Waals surface area contributed by atoms with Crippen LogP contribution in [0.5, 0.6) is 0 Å². The Morgan fingerprint density at radius 1 is 1.50 bits per heavy atom. The number of nitrogens with zero attached hydrogens (tertiary/aromatic N) is 1. The zero-order chi connectivity index (χ0) is 13.1. The van der Waals surface area contributed by atoms with Gasteiger partial charge in [-0.3, -0.25) is 4.79 Å². The molecule has 1 aliphatic rings. The number of hydrogen-bond donors (Lipinski definition) is 0. The van der Waals surface area contributed by atoms with Gasteiger partial charge in [-0.2, -0.15) is 0 Å². The molecule has 0 spiro atoms. The zero-order valence-electron chi connectivity index (χ0n) is 10.4. The van der Waals surface area contributed by atoms with Gasteiger partial charge in [0.2, 0.25) is 0 Å². The Morgan fingerprint density at radius 2 is 2.28 bits per heavy atom. The summed E-state index contributed by atoms with van der Waals surface area (Å²) in [4.78, 5) is 15.1. The van der Waals surface area contributed by atoms with E-state index < -0.39 is 0 Å². The zero-order valence-corrected chi connectivity index (χ0v) is 12.7. The summed E-state index contributed by atoms with van der Waals surface area (Å²) in [5, 5.41) is 2.53. The van der Waals surface area contributed by atoms with E-state index >= 15 is 0 Å². The number of rotatable bonds is 2. The third-order valence-electron chi connectivity index (χ3n) is 3.41. The van der Waals surface area contributed by atoms with Crippen LogP contribution < -0.4 is 0 Å². The van der Waals surface area contributed by atoms with Crippen molar-refractivity contribution in [3.8, 4) is 0 Å². The quantitative estimate of drug-likeness (QED) is 0.745. The first kappa shape index (κ1) is 14.2. The van der Waals surface area contributed by atoms with E-state index in [0.717, 1.165) is 31.4 Å². The summed E-state index contributed by atoms with van der Waals surface area (Å²) in [5.74, 6) is 0.555. The van der Waals surface area contributed by atoms with Crippen molar-refractivity contribution in [1.29, 1.82) is 0 Å². The molecule has 1 unspecified atom stereocenters. The van der Waals surface area contributed by atoms with Gasteiger partial charge < -0.3 is 4.90 Å². The number of halogens is 2. The number of aryl methyl sites for hydroxylation is 1. The van der Waals surface area contributed by atoms with Crippen molar-refractivity contribution >= 4 is 40.4 Å². The molecule has 0 radical (unpaired) electrons. The molecule has 1 atom stereocenters. The van der Waals surface area contributed by atoms with Crippen LogP contribution in [0.2, 0.25) is 5.02 Å². The summed E-state index contributed by atoms with van der Waals surface area (Å²) < 4.78 is 0. The van der Waals surface area contributed by atoms with Crippen molar-refractivity contribution in [3.63, 3.8) is 0 Å². The minimum absolute atomic E-state index is 0.0469. The van der Waals surface area contributed by atoms with E-state index in [-0.39, 0.29) is 11.9 Å². The van der Waals surface area contributed by atoms with Crippen LogP contribution in [0.3, 0.4) is 0 Å². The molecule has 0 saturated carbocycles. The Hall–Kier alpha value is -0.250. The van der Waals surface area contributed by atoms with Gasteiger partial charge in [-0.15, -0.1) is 22.9 Å². The maximum absolute atomic E-state index is 12.5. The molecule has 1 saturated heterocycles. The van der Waals surface area contributed by atoms with E-state index in [1.807, 2.05) is 17.2 Å². The molecule has 18 heavy (non-hydrogen) atoms. The molecular weight excluding hydrogens is 289 g/mol. The van der Waals surface area contributed by atoms with Crippen molar-refractivity contribution in [2.45, 2.75) is 38.6 Å². The highest BCUT2D eigenvalue weighted by Gasteiger charge is 2.28. The van der Waals surface area contributed by atoms with E-state index in [1.165, 1.54) is 17.8 Å². The van der Waals surface area contributed by atoms with Crippen molar-refractivity contribution in [3.05, 3.63) is 20.8 Å². The molecule has 0 aromatic carbocycles. The lowest BCUT2D eigenvalue weighted by atomic mass is 10.1. The number of carbonyl (C=O) groups excluding carboxylic acids is 1. The molecule has 2 heterocycles. The van der Waals surface area contributed by atoms with Gasteiger partial charge in [-0.25, -0.2) is 0 Å². The molecule has 2 nitrogen and oxygen atoms in total. The van der Waals surface area contributed by atoms with E-state index in [0.29, 0.717) is 15.8 Å². The average molecular weight is 306 g/mol. The molecule has 5 heteroatoms. The van der Waals surface area contributed by atoms with Gasteiger partial charge in [0.15, 0.2) is 0 Å². The number of alkyl halides is 1. The number of hydrogen-bond acceptors (Lipinski definition) is 2. The SMILES string of the molecule is Cc1csc(C(=O)N2CCCCCC2CCl)c1Cl. The smallest absolute Gasteiger partial charge is 0.265 e. The van der Waals surface area contributed by atoms with Gasteiger partial charge in [0, 0.05) is 18.5 Å². The van der Waals surface area contributed by atoms with Crippen molar-refractivity contribution in [2.24, 2.45) is 0 Å². The summed E-state index contributed by atoms with van der Waals surface area (Å²) in [7, 11) is 0. The number of thiophene rings is 1. The third-order valence-corrected chi connectivity index (χ3v) is 5.45. The first-order valence-electron chi connectivity index (χ1n) is 6.25. The summed E-state index contributed by atoms with van der Waals surface area (Å²) in [6, 6.07) is 0.153. The van der Waals surface area contributed by atoms with Gasteiger partial charge in [0.05, 0.1) is 5.02 Å². The highest BCUT2D eigenvalue weighted by atomic mass is 35.5. The Bertz CT molecular complexity index is 433. The molecule has 0 bridgehead atoms. The van der Waals surface area contributed by atoms with E-state index in [2.05, 4.69) is 0 Å². The second kappa shape index (κ2) is 6.27. The van der Waals surface area contributed by atoms with Crippen LogP contribution in [-0.2, 0) is 0 Å². The molecule has 1 aliphatic heterocycles. The first-order valence-corrected chi connectivity index (χ1v) is 8.05. The summed E-state index contributed by atoms with van der Waals surface area (Å²) in [6.45, 7) is 2.72. The maximum atomic E-state index is 12.5. The normalized spacial score (nSPS) is 20.8. The fraction of sp³-hybridized carbons (Fsp3) is 0.615. The Morgan fingerprint density at radius 3 is 2.89 bits per heavy atom. The first-order chi connectivity index (χ1) is 8.65. The van der Waals surface area contributed by atoms with Gasteiger partial charge in [-0.1, -0.05) is 24.4 Å². The average Bonchev–Trinajstić information content (AvgIpc) is 2.59. The lowest BCUT2D eigenvalue weighted by Crippen LogP contribution is -2.40. The monoisotopic (exact) mass is 305 g/mol. The highest BCUT2D eigenvalue weighted by molar-refractivity contribution is 7.13. The van der Waals surface area contributed by atoms with E-state index in [4.69, 9.17) is 23.2 Å². The molecule has 0 aliphatic carbocycles. The van der Waals surface area contributed by atoms with Crippen LogP contribution >= 0.6 is 34.5 Å². The molecule has 100 valence electrons. The minimum atomic E-state index is 0.0469. The van der Waals surface area contributed by atoms with Crippen LogP contribution in [0, 0.1) is 6.92 Å². The Kier molecular flexibility index (Phi) is 4.93. The lowest BCUT2D eigenvalue weighted by Gasteiger charge is -2.28.